The number of hydrogen-bond acceptors (Lipinski definition) is 5. The number of para-hydroxylation sites is 1. The summed E-state index contributed by atoms with van der Waals surface area (Å²) in [6.45, 7) is 4.99. The Hall–Kier alpha value is -3.76. The molecule has 0 fully saturated rings. The Labute approximate surface area is 296 Å². The van der Waals surface area contributed by atoms with Crippen molar-refractivity contribution in [3.05, 3.63) is 92.7 Å². The Bertz CT molecular complexity index is 1760. The third-order valence-electron chi connectivity index (χ3n) is 8.10. The lowest BCUT2D eigenvalue weighted by Gasteiger charge is -2.23. The van der Waals surface area contributed by atoms with Crippen LogP contribution in [0, 0.1) is 6.92 Å². The number of fused-ring (bicyclic) bond motifs is 1. The Morgan fingerprint density at radius 3 is 2.54 bits per heavy atom. The fourth-order valence-corrected chi connectivity index (χ4v) is 6.19. The van der Waals surface area contributed by atoms with Gasteiger partial charge in [0.25, 0.3) is 5.91 Å². The number of amides is 2. The molecular weight excluding hydrogens is 673 g/mol. The molecule has 48 heavy (non-hydrogen) atoms. The SMILES string of the molecule is Cc1c(Cl)cccc1OCCCC(=O)N1CCCOc2c(-c3cnn(Cc4c(Cl)cc(C(=O)NCC[N+](C)(C)C)cc4Cl)c3)cccc21. The molecule has 0 atom stereocenters. The van der Waals surface area contributed by atoms with Crippen LogP contribution in [0.5, 0.6) is 11.5 Å². The van der Waals surface area contributed by atoms with Gasteiger partial charge in [0.15, 0.2) is 5.75 Å². The van der Waals surface area contributed by atoms with Crippen LogP contribution in [-0.4, -0.2) is 80.1 Å². The van der Waals surface area contributed by atoms with E-state index >= 15 is 0 Å². The molecule has 9 nitrogen and oxygen atoms in total. The van der Waals surface area contributed by atoms with Crippen molar-refractivity contribution >= 4 is 52.3 Å². The highest BCUT2D eigenvalue weighted by atomic mass is 35.5. The summed E-state index contributed by atoms with van der Waals surface area (Å²) in [7, 11) is 6.20. The molecule has 0 aliphatic carbocycles. The van der Waals surface area contributed by atoms with Crippen molar-refractivity contribution in [1.29, 1.82) is 0 Å². The van der Waals surface area contributed by atoms with Gasteiger partial charge in [-0.05, 0) is 50.1 Å². The third-order valence-corrected chi connectivity index (χ3v) is 9.19. The average molecular weight is 714 g/mol. The minimum Gasteiger partial charge on any atom is -0.493 e. The van der Waals surface area contributed by atoms with E-state index in [1.807, 2.05) is 49.5 Å². The molecule has 3 aromatic carbocycles. The number of quaternary nitrogens is 1. The molecule has 1 aliphatic heterocycles. The summed E-state index contributed by atoms with van der Waals surface area (Å²) < 4.78 is 14.6. The standard InChI is InChI=1S/C36H40Cl3N5O4/c1-24-29(37)10-6-12-33(24)47-17-7-13-34(45)43-15-8-18-48-35-27(9-5-11-32(35)43)26-21-41-42(22-26)23-28-30(38)19-25(20-31(28)39)36(46)40-14-16-44(2,3)4/h5-6,9-12,19-22H,7-8,13-18,23H2,1-4H3/p+1. The normalized spacial score (nSPS) is 13.0. The van der Waals surface area contributed by atoms with Crippen LogP contribution in [0.4, 0.5) is 5.69 Å². The molecule has 4 aromatic rings. The quantitative estimate of drug-likeness (QED) is 0.123. The summed E-state index contributed by atoms with van der Waals surface area (Å²) in [5, 5.41) is 8.91. The number of ether oxygens (including phenoxy) is 2. The van der Waals surface area contributed by atoms with E-state index in [1.54, 1.807) is 27.9 Å². The highest BCUT2D eigenvalue weighted by Crippen LogP contribution is 2.40. The summed E-state index contributed by atoms with van der Waals surface area (Å²) in [4.78, 5) is 28.0. The van der Waals surface area contributed by atoms with Crippen LogP contribution < -0.4 is 19.7 Å². The first-order valence-electron chi connectivity index (χ1n) is 15.9. The van der Waals surface area contributed by atoms with Crippen molar-refractivity contribution in [3.8, 4) is 22.6 Å². The fourth-order valence-electron chi connectivity index (χ4n) is 5.42. The van der Waals surface area contributed by atoms with Crippen LogP contribution in [0.1, 0.15) is 40.7 Å². The molecule has 1 N–H and O–H groups in total. The van der Waals surface area contributed by atoms with Crippen LogP contribution in [0.15, 0.2) is 60.9 Å². The maximum Gasteiger partial charge on any atom is 0.251 e. The van der Waals surface area contributed by atoms with Crippen molar-refractivity contribution in [2.24, 2.45) is 0 Å². The number of likely N-dealkylation sites (N-methyl/N-ethyl adjacent to an activating group) is 1. The van der Waals surface area contributed by atoms with Gasteiger partial charge in [-0.1, -0.05) is 53.0 Å². The molecule has 1 aliphatic rings. The van der Waals surface area contributed by atoms with E-state index in [9.17, 15) is 9.59 Å². The second kappa shape index (κ2) is 15.6. The predicted octanol–water partition coefficient (Wildman–Crippen LogP) is 7.28. The van der Waals surface area contributed by atoms with Gasteiger partial charge >= 0.3 is 0 Å². The van der Waals surface area contributed by atoms with Crippen molar-refractivity contribution in [3.63, 3.8) is 0 Å². The predicted molar refractivity (Wildman–Crippen MR) is 192 cm³/mol. The zero-order valence-corrected chi connectivity index (χ0v) is 30.0. The van der Waals surface area contributed by atoms with Gasteiger partial charge in [-0.3, -0.25) is 14.3 Å². The van der Waals surface area contributed by atoms with Gasteiger partial charge in [0.1, 0.15) is 5.75 Å². The summed E-state index contributed by atoms with van der Waals surface area (Å²) in [6, 6.07) is 14.6. The van der Waals surface area contributed by atoms with E-state index in [4.69, 9.17) is 44.3 Å². The number of hydrogen-bond donors (Lipinski definition) is 1. The largest absolute Gasteiger partial charge is 0.493 e. The van der Waals surface area contributed by atoms with E-state index in [2.05, 4.69) is 31.6 Å². The van der Waals surface area contributed by atoms with Gasteiger partial charge < -0.3 is 24.2 Å². The monoisotopic (exact) mass is 712 g/mol. The minimum atomic E-state index is -0.224. The molecule has 2 amide bonds. The summed E-state index contributed by atoms with van der Waals surface area (Å²) in [5.41, 5.74) is 4.34. The number of anilines is 1. The molecule has 1 aromatic heterocycles. The fraction of sp³-hybridized carbons (Fsp3) is 0.361. The first-order chi connectivity index (χ1) is 22.9. The van der Waals surface area contributed by atoms with Gasteiger partial charge in [0, 0.05) is 62.0 Å². The molecule has 5 rings (SSSR count). The third kappa shape index (κ3) is 8.82. The number of aromatic nitrogens is 2. The molecule has 2 heterocycles. The van der Waals surface area contributed by atoms with Crippen LogP contribution in [-0.2, 0) is 11.3 Å². The molecule has 0 saturated heterocycles. The minimum absolute atomic E-state index is 0.00999. The lowest BCUT2D eigenvalue weighted by Crippen LogP contribution is -2.41. The molecule has 0 bridgehead atoms. The average Bonchev–Trinajstić information content (AvgIpc) is 3.39. The number of nitrogens with zero attached hydrogens (tertiary/aromatic N) is 4. The zero-order valence-electron chi connectivity index (χ0n) is 27.7. The van der Waals surface area contributed by atoms with Crippen molar-refractivity contribution in [2.75, 3.05) is 58.9 Å². The maximum atomic E-state index is 13.4. The molecule has 0 radical (unpaired) electrons. The maximum absolute atomic E-state index is 13.4. The van der Waals surface area contributed by atoms with Gasteiger partial charge in [-0.15, -0.1) is 0 Å². The Morgan fingerprint density at radius 1 is 1.04 bits per heavy atom. The first-order valence-corrected chi connectivity index (χ1v) is 17.1. The second-order valence-electron chi connectivity index (χ2n) is 12.8. The molecule has 0 saturated carbocycles. The topological polar surface area (TPSA) is 85.7 Å². The Balaban J connectivity index is 1.26. The molecule has 0 unspecified atom stereocenters. The summed E-state index contributed by atoms with van der Waals surface area (Å²) in [6.07, 6.45) is 5.25. The van der Waals surface area contributed by atoms with E-state index < -0.39 is 0 Å². The molecule has 0 spiro atoms. The number of carbonyl (C=O) groups excluding carboxylic acids is 2. The van der Waals surface area contributed by atoms with Crippen molar-refractivity contribution < 1.29 is 23.5 Å². The summed E-state index contributed by atoms with van der Waals surface area (Å²) in [5.74, 6) is 1.16. The molecular formula is C36H41Cl3N5O4+. The lowest BCUT2D eigenvalue weighted by molar-refractivity contribution is -0.869. The number of rotatable bonds is 12. The smallest absolute Gasteiger partial charge is 0.251 e. The van der Waals surface area contributed by atoms with E-state index in [-0.39, 0.29) is 11.8 Å². The highest BCUT2D eigenvalue weighted by Gasteiger charge is 2.25. The number of carbonyl (C=O) groups is 2. The van der Waals surface area contributed by atoms with Crippen LogP contribution in [0.3, 0.4) is 0 Å². The first kappa shape index (κ1) is 35.5. The van der Waals surface area contributed by atoms with E-state index in [0.29, 0.717) is 84.1 Å². The van der Waals surface area contributed by atoms with Gasteiger partial charge in [-0.2, -0.15) is 5.10 Å². The zero-order chi connectivity index (χ0) is 34.4. The number of halogens is 3. The Kier molecular flexibility index (Phi) is 11.6. The molecule has 12 heteroatoms. The molecule has 254 valence electrons. The summed E-state index contributed by atoms with van der Waals surface area (Å²) >= 11 is 19.5. The Morgan fingerprint density at radius 2 is 1.79 bits per heavy atom. The van der Waals surface area contributed by atoms with Gasteiger partial charge in [-0.25, -0.2) is 0 Å². The van der Waals surface area contributed by atoms with Crippen LogP contribution in [0.2, 0.25) is 15.1 Å². The van der Waals surface area contributed by atoms with Gasteiger partial charge in [0.05, 0.1) is 65.9 Å². The number of benzene rings is 3. The van der Waals surface area contributed by atoms with Crippen LogP contribution >= 0.6 is 34.8 Å². The van der Waals surface area contributed by atoms with Crippen molar-refractivity contribution in [1.82, 2.24) is 15.1 Å². The van der Waals surface area contributed by atoms with Crippen molar-refractivity contribution in [2.45, 2.75) is 32.7 Å². The highest BCUT2D eigenvalue weighted by molar-refractivity contribution is 6.36. The van der Waals surface area contributed by atoms with Gasteiger partial charge in [0.2, 0.25) is 5.91 Å². The lowest BCUT2D eigenvalue weighted by atomic mass is 10.1. The van der Waals surface area contributed by atoms with E-state index in [0.717, 1.165) is 39.2 Å². The number of nitrogens with one attached hydrogen (secondary N) is 1. The second-order valence-corrected chi connectivity index (χ2v) is 14.1. The van der Waals surface area contributed by atoms with Crippen LogP contribution in [0.25, 0.3) is 11.1 Å². The van der Waals surface area contributed by atoms with E-state index in [1.165, 1.54) is 0 Å².